The Morgan fingerprint density at radius 2 is 1.67 bits per heavy atom. The molecule has 0 atom stereocenters. The zero-order chi connectivity index (χ0) is 15.6. The van der Waals surface area contributed by atoms with Crippen molar-refractivity contribution in [3.8, 4) is 0 Å². The van der Waals surface area contributed by atoms with Gasteiger partial charge in [0, 0.05) is 24.6 Å². The van der Waals surface area contributed by atoms with Gasteiger partial charge < -0.3 is 5.32 Å². The smallest absolute Gasteiger partial charge is 0.175 e. The van der Waals surface area contributed by atoms with Crippen molar-refractivity contribution in [3.63, 3.8) is 0 Å². The van der Waals surface area contributed by atoms with Crippen LogP contribution in [0.5, 0.6) is 0 Å². The minimum absolute atomic E-state index is 0.195. The van der Waals surface area contributed by atoms with Crippen LogP contribution >= 0.6 is 0 Å². The van der Waals surface area contributed by atoms with E-state index in [0.29, 0.717) is 11.3 Å². The van der Waals surface area contributed by atoms with E-state index in [0.717, 1.165) is 17.9 Å². The van der Waals surface area contributed by atoms with E-state index >= 15 is 0 Å². The number of benzene rings is 2. The van der Waals surface area contributed by atoms with Gasteiger partial charge in [0.05, 0.1) is 4.90 Å². The number of hydrogen-bond donors (Lipinski definition) is 1. The van der Waals surface area contributed by atoms with Crippen LogP contribution in [0, 0.1) is 18.6 Å². The largest absolute Gasteiger partial charge is 0.381 e. The molecule has 3 nitrogen and oxygen atoms in total. The summed E-state index contributed by atoms with van der Waals surface area (Å²) in [6.07, 6.45) is 1.13. The van der Waals surface area contributed by atoms with Gasteiger partial charge in [0.25, 0.3) is 0 Å². The first-order valence-corrected chi connectivity index (χ1v) is 8.14. The van der Waals surface area contributed by atoms with E-state index in [-0.39, 0.29) is 11.4 Å². The van der Waals surface area contributed by atoms with E-state index in [1.165, 1.54) is 24.3 Å². The van der Waals surface area contributed by atoms with Crippen LogP contribution in [0.3, 0.4) is 0 Å². The molecule has 0 aromatic heterocycles. The molecule has 0 amide bonds. The molecule has 2 rings (SSSR count). The van der Waals surface area contributed by atoms with Crippen molar-refractivity contribution < 1.29 is 17.2 Å². The molecule has 0 spiro atoms. The summed E-state index contributed by atoms with van der Waals surface area (Å²) >= 11 is 0. The number of halogens is 2. The number of anilines is 1. The minimum Gasteiger partial charge on any atom is -0.381 e. The summed E-state index contributed by atoms with van der Waals surface area (Å²) in [5.41, 5.74) is 1.90. The Hall–Kier alpha value is -1.95. The highest BCUT2D eigenvalue weighted by Gasteiger charge is 2.09. The van der Waals surface area contributed by atoms with Crippen LogP contribution in [0.25, 0.3) is 0 Å². The molecule has 0 aliphatic carbocycles. The van der Waals surface area contributed by atoms with Crippen LogP contribution in [-0.4, -0.2) is 14.7 Å². The molecular weight excluding hydrogens is 296 g/mol. The summed E-state index contributed by atoms with van der Waals surface area (Å²) in [5.74, 6) is -1.29. The molecule has 112 valence electrons. The van der Waals surface area contributed by atoms with Gasteiger partial charge in [-0.15, -0.1) is 0 Å². The van der Waals surface area contributed by atoms with Gasteiger partial charge in [0.15, 0.2) is 9.84 Å². The highest BCUT2D eigenvalue weighted by atomic mass is 32.2. The first-order chi connectivity index (χ1) is 9.75. The van der Waals surface area contributed by atoms with Crippen molar-refractivity contribution in [1.82, 2.24) is 0 Å². The van der Waals surface area contributed by atoms with Crippen molar-refractivity contribution in [2.24, 2.45) is 0 Å². The topological polar surface area (TPSA) is 46.2 Å². The van der Waals surface area contributed by atoms with E-state index in [1.807, 2.05) is 6.92 Å². The maximum Gasteiger partial charge on any atom is 0.175 e. The first kappa shape index (κ1) is 15.4. The van der Waals surface area contributed by atoms with Crippen molar-refractivity contribution >= 4 is 15.5 Å². The Bertz CT molecular complexity index is 753. The van der Waals surface area contributed by atoms with E-state index in [9.17, 15) is 17.2 Å². The molecule has 2 aromatic carbocycles. The van der Waals surface area contributed by atoms with Crippen LogP contribution in [0.15, 0.2) is 41.3 Å². The Morgan fingerprint density at radius 1 is 1.05 bits per heavy atom. The molecule has 0 saturated carbocycles. The fraction of sp³-hybridized carbons (Fsp3) is 0.200. The Labute approximate surface area is 122 Å². The van der Waals surface area contributed by atoms with Gasteiger partial charge in [-0.3, -0.25) is 0 Å². The van der Waals surface area contributed by atoms with E-state index < -0.39 is 21.5 Å². The molecule has 6 heteroatoms. The first-order valence-electron chi connectivity index (χ1n) is 6.25. The summed E-state index contributed by atoms with van der Waals surface area (Å²) in [4.78, 5) is 0.195. The monoisotopic (exact) mass is 311 g/mol. The van der Waals surface area contributed by atoms with E-state index in [4.69, 9.17) is 0 Å². The van der Waals surface area contributed by atoms with Gasteiger partial charge in [0.1, 0.15) is 11.6 Å². The van der Waals surface area contributed by atoms with Crippen LogP contribution in [0.2, 0.25) is 0 Å². The number of hydrogen-bond acceptors (Lipinski definition) is 3. The zero-order valence-corrected chi connectivity index (χ0v) is 12.5. The highest BCUT2D eigenvalue weighted by molar-refractivity contribution is 7.90. The van der Waals surface area contributed by atoms with Crippen molar-refractivity contribution in [2.45, 2.75) is 18.4 Å². The molecule has 0 fully saturated rings. The molecule has 2 aromatic rings. The van der Waals surface area contributed by atoms with Crippen molar-refractivity contribution in [1.29, 1.82) is 0 Å². The summed E-state index contributed by atoms with van der Waals surface area (Å²) < 4.78 is 49.3. The molecule has 21 heavy (non-hydrogen) atoms. The summed E-state index contributed by atoms with van der Waals surface area (Å²) in [7, 11) is -3.30. The maximum atomic E-state index is 13.1. The lowest BCUT2D eigenvalue weighted by Gasteiger charge is -2.11. The minimum atomic E-state index is -3.30. The lowest BCUT2D eigenvalue weighted by molar-refractivity contribution is 0.580. The Kier molecular flexibility index (Phi) is 4.27. The fourth-order valence-electron chi connectivity index (χ4n) is 1.93. The lowest BCUT2D eigenvalue weighted by Crippen LogP contribution is -2.04. The normalized spacial score (nSPS) is 11.4. The standard InChI is InChI=1S/C15H15F2NO2S/c1-10-3-4-14(21(2,19)20)8-15(10)18-9-11-5-12(16)7-13(17)6-11/h3-8,18H,9H2,1-2H3. The van der Waals surface area contributed by atoms with E-state index in [1.54, 1.807) is 6.07 Å². The van der Waals surface area contributed by atoms with Gasteiger partial charge in [-0.1, -0.05) is 6.07 Å². The summed E-state index contributed by atoms with van der Waals surface area (Å²) in [6.45, 7) is 2.02. The second-order valence-corrected chi connectivity index (χ2v) is 6.90. The number of aryl methyl sites for hydroxylation is 1. The van der Waals surface area contributed by atoms with Gasteiger partial charge in [-0.25, -0.2) is 17.2 Å². The molecule has 0 heterocycles. The van der Waals surface area contributed by atoms with E-state index in [2.05, 4.69) is 5.32 Å². The Balaban J connectivity index is 2.23. The molecule has 0 unspecified atom stereocenters. The maximum absolute atomic E-state index is 13.1. The quantitative estimate of drug-likeness (QED) is 0.942. The van der Waals surface area contributed by atoms with Crippen LogP contribution in [0.1, 0.15) is 11.1 Å². The number of sulfone groups is 1. The number of nitrogens with one attached hydrogen (secondary N) is 1. The predicted molar refractivity (Wildman–Crippen MR) is 78.0 cm³/mol. The van der Waals surface area contributed by atoms with Crippen LogP contribution in [0.4, 0.5) is 14.5 Å². The lowest BCUT2D eigenvalue weighted by atomic mass is 10.1. The Morgan fingerprint density at radius 3 is 2.24 bits per heavy atom. The van der Waals surface area contributed by atoms with Crippen molar-refractivity contribution in [3.05, 3.63) is 59.2 Å². The molecule has 1 N–H and O–H groups in total. The summed E-state index contributed by atoms with van der Waals surface area (Å²) in [6, 6.07) is 7.99. The van der Waals surface area contributed by atoms with Crippen molar-refractivity contribution in [2.75, 3.05) is 11.6 Å². The second kappa shape index (κ2) is 5.81. The third-order valence-electron chi connectivity index (χ3n) is 3.04. The predicted octanol–water partition coefficient (Wildman–Crippen LogP) is 3.29. The highest BCUT2D eigenvalue weighted by Crippen LogP contribution is 2.21. The van der Waals surface area contributed by atoms with Gasteiger partial charge in [-0.05, 0) is 42.3 Å². The third-order valence-corrected chi connectivity index (χ3v) is 4.15. The second-order valence-electron chi connectivity index (χ2n) is 4.88. The van der Waals surface area contributed by atoms with Gasteiger partial charge >= 0.3 is 0 Å². The average molecular weight is 311 g/mol. The average Bonchev–Trinajstić information content (AvgIpc) is 2.35. The van der Waals surface area contributed by atoms with Crippen LogP contribution in [-0.2, 0) is 16.4 Å². The fourth-order valence-corrected chi connectivity index (χ4v) is 2.58. The van der Waals surface area contributed by atoms with Gasteiger partial charge in [0.2, 0.25) is 0 Å². The molecule has 0 aliphatic rings. The SMILES string of the molecule is Cc1ccc(S(C)(=O)=O)cc1NCc1cc(F)cc(F)c1. The molecule has 0 saturated heterocycles. The molecule has 0 bridgehead atoms. The molecule has 0 aliphatic heterocycles. The third kappa shape index (κ3) is 4.01. The molecule has 0 radical (unpaired) electrons. The van der Waals surface area contributed by atoms with Gasteiger partial charge in [-0.2, -0.15) is 0 Å². The summed E-state index contributed by atoms with van der Waals surface area (Å²) in [5, 5.41) is 3.00. The number of rotatable bonds is 4. The molecular formula is C15H15F2NO2S. The zero-order valence-electron chi connectivity index (χ0n) is 11.7. The van der Waals surface area contributed by atoms with Crippen LogP contribution < -0.4 is 5.32 Å².